The van der Waals surface area contributed by atoms with Crippen LogP contribution >= 0.6 is 11.6 Å². The quantitative estimate of drug-likeness (QED) is 0.809. The molecule has 0 aliphatic heterocycles. The summed E-state index contributed by atoms with van der Waals surface area (Å²) in [5.41, 5.74) is 1.01. The molecule has 1 aromatic rings. The van der Waals surface area contributed by atoms with Crippen LogP contribution in [-0.2, 0) is 6.54 Å². The van der Waals surface area contributed by atoms with Crippen LogP contribution in [-0.4, -0.2) is 32.0 Å². The Kier molecular flexibility index (Phi) is 6.42. The van der Waals surface area contributed by atoms with Crippen LogP contribution in [0.25, 0.3) is 0 Å². The number of nitrogens with one attached hydrogen (secondary N) is 1. The number of rotatable bonds is 7. The highest BCUT2D eigenvalue weighted by Gasteiger charge is 2.13. The maximum absolute atomic E-state index is 9.10. The van der Waals surface area contributed by atoms with Crippen molar-refractivity contribution in [3.05, 3.63) is 22.7 Å². The number of benzene rings is 1. The second-order valence-electron chi connectivity index (χ2n) is 4.64. The molecule has 2 unspecified atom stereocenters. The zero-order valence-electron chi connectivity index (χ0n) is 11.9. The van der Waals surface area contributed by atoms with Crippen LogP contribution in [0.1, 0.15) is 19.4 Å². The number of ether oxygens (including phenoxy) is 2. The van der Waals surface area contributed by atoms with Gasteiger partial charge in [-0.25, -0.2) is 0 Å². The minimum Gasteiger partial charge on any atom is -0.493 e. The Labute approximate surface area is 119 Å². The van der Waals surface area contributed by atoms with Gasteiger partial charge in [-0.2, -0.15) is 0 Å². The van der Waals surface area contributed by atoms with E-state index in [-0.39, 0.29) is 18.6 Å². The van der Waals surface area contributed by atoms with Crippen LogP contribution in [0, 0.1) is 5.92 Å². The van der Waals surface area contributed by atoms with Gasteiger partial charge in [0.15, 0.2) is 11.5 Å². The molecule has 0 amide bonds. The van der Waals surface area contributed by atoms with Gasteiger partial charge in [-0.05, 0) is 30.5 Å². The van der Waals surface area contributed by atoms with Crippen LogP contribution in [0.4, 0.5) is 0 Å². The maximum atomic E-state index is 9.10. The molecule has 0 saturated carbocycles. The number of aliphatic hydroxyl groups excluding tert-OH is 1. The normalized spacial score (nSPS) is 14.0. The second-order valence-corrected chi connectivity index (χ2v) is 5.05. The largest absolute Gasteiger partial charge is 0.493 e. The Morgan fingerprint density at radius 1 is 1.26 bits per heavy atom. The molecule has 0 aliphatic rings. The van der Waals surface area contributed by atoms with Crippen molar-refractivity contribution in [3.8, 4) is 11.5 Å². The Bertz CT molecular complexity index is 412. The molecule has 0 aromatic heterocycles. The predicted molar refractivity (Wildman–Crippen MR) is 77.1 cm³/mol. The average molecular weight is 288 g/mol. The minimum atomic E-state index is 0.168. The molecule has 5 heteroatoms. The fourth-order valence-corrected chi connectivity index (χ4v) is 2.02. The molecule has 0 saturated heterocycles. The molecule has 0 radical (unpaired) electrons. The van der Waals surface area contributed by atoms with Crippen molar-refractivity contribution >= 4 is 11.6 Å². The van der Waals surface area contributed by atoms with Gasteiger partial charge in [-0.3, -0.25) is 0 Å². The van der Waals surface area contributed by atoms with Crippen molar-refractivity contribution in [3.63, 3.8) is 0 Å². The van der Waals surface area contributed by atoms with Gasteiger partial charge < -0.3 is 19.9 Å². The lowest BCUT2D eigenvalue weighted by atomic mass is 10.0. The summed E-state index contributed by atoms with van der Waals surface area (Å²) < 4.78 is 10.4. The van der Waals surface area contributed by atoms with Crippen molar-refractivity contribution in [2.45, 2.75) is 26.4 Å². The van der Waals surface area contributed by atoms with Gasteiger partial charge >= 0.3 is 0 Å². The monoisotopic (exact) mass is 287 g/mol. The lowest BCUT2D eigenvalue weighted by Gasteiger charge is -2.20. The van der Waals surface area contributed by atoms with E-state index in [9.17, 15) is 0 Å². The van der Waals surface area contributed by atoms with E-state index in [0.29, 0.717) is 23.1 Å². The van der Waals surface area contributed by atoms with Crippen LogP contribution in [0.15, 0.2) is 12.1 Å². The molecule has 1 aromatic carbocycles. The van der Waals surface area contributed by atoms with Gasteiger partial charge in [0.2, 0.25) is 0 Å². The number of hydrogen-bond donors (Lipinski definition) is 2. The third-order valence-corrected chi connectivity index (χ3v) is 3.54. The van der Waals surface area contributed by atoms with Crippen molar-refractivity contribution in [2.24, 2.45) is 5.92 Å². The van der Waals surface area contributed by atoms with E-state index in [4.69, 9.17) is 26.2 Å². The molecule has 0 heterocycles. The van der Waals surface area contributed by atoms with Crippen molar-refractivity contribution in [1.82, 2.24) is 5.32 Å². The second kappa shape index (κ2) is 7.58. The zero-order valence-corrected chi connectivity index (χ0v) is 12.6. The number of halogens is 1. The molecule has 0 aliphatic carbocycles. The summed E-state index contributed by atoms with van der Waals surface area (Å²) in [5.74, 6) is 1.37. The number of aliphatic hydroxyl groups is 1. The van der Waals surface area contributed by atoms with Crippen LogP contribution in [0.2, 0.25) is 5.02 Å². The van der Waals surface area contributed by atoms with E-state index in [1.807, 2.05) is 26.0 Å². The smallest absolute Gasteiger partial charge is 0.179 e. The lowest BCUT2D eigenvalue weighted by Crippen LogP contribution is -2.33. The minimum absolute atomic E-state index is 0.168. The van der Waals surface area contributed by atoms with Gasteiger partial charge in [-0.15, -0.1) is 0 Å². The lowest BCUT2D eigenvalue weighted by molar-refractivity contribution is 0.207. The van der Waals surface area contributed by atoms with Crippen LogP contribution in [0.5, 0.6) is 11.5 Å². The number of hydrogen-bond acceptors (Lipinski definition) is 4. The molecule has 2 atom stereocenters. The highest BCUT2D eigenvalue weighted by molar-refractivity contribution is 6.32. The third kappa shape index (κ3) is 4.27. The third-order valence-electron chi connectivity index (χ3n) is 3.26. The highest BCUT2D eigenvalue weighted by atomic mass is 35.5. The van der Waals surface area contributed by atoms with E-state index in [1.165, 1.54) is 0 Å². The van der Waals surface area contributed by atoms with E-state index in [2.05, 4.69) is 5.32 Å². The Balaban J connectivity index is 2.77. The molecule has 108 valence electrons. The molecule has 0 bridgehead atoms. The maximum Gasteiger partial charge on any atom is 0.179 e. The fraction of sp³-hybridized carbons (Fsp3) is 0.571. The first-order chi connectivity index (χ1) is 9.03. The summed E-state index contributed by atoms with van der Waals surface area (Å²) in [5, 5.41) is 13.0. The zero-order chi connectivity index (χ0) is 14.4. The summed E-state index contributed by atoms with van der Waals surface area (Å²) in [7, 11) is 3.15. The predicted octanol–water partition coefficient (Wildman–Crippen LogP) is 2.46. The molecular weight excluding hydrogens is 266 g/mol. The topological polar surface area (TPSA) is 50.7 Å². The van der Waals surface area contributed by atoms with Crippen LogP contribution < -0.4 is 14.8 Å². The molecule has 2 N–H and O–H groups in total. The fourth-order valence-electron chi connectivity index (χ4n) is 1.71. The van der Waals surface area contributed by atoms with E-state index in [1.54, 1.807) is 14.2 Å². The number of methoxy groups -OCH3 is 2. The van der Waals surface area contributed by atoms with Gasteiger partial charge in [0.05, 0.1) is 19.2 Å². The van der Waals surface area contributed by atoms with Crippen molar-refractivity contribution in [1.29, 1.82) is 0 Å². The van der Waals surface area contributed by atoms with E-state index < -0.39 is 0 Å². The molecular formula is C14H22ClNO3. The molecule has 0 spiro atoms. The Hall–Kier alpha value is -0.970. The standard InChI is InChI=1S/C14H22ClNO3/c1-9(8-17)10(2)16-7-11-5-12(15)14(19-4)13(6-11)18-3/h5-6,9-10,16-17H,7-8H2,1-4H3. The van der Waals surface area contributed by atoms with Gasteiger partial charge in [0, 0.05) is 19.2 Å². The van der Waals surface area contributed by atoms with Gasteiger partial charge in [0.1, 0.15) is 0 Å². The summed E-state index contributed by atoms with van der Waals surface area (Å²) in [6.45, 7) is 4.87. The summed E-state index contributed by atoms with van der Waals surface area (Å²) >= 11 is 6.15. The van der Waals surface area contributed by atoms with Crippen molar-refractivity contribution < 1.29 is 14.6 Å². The molecule has 0 fully saturated rings. The Morgan fingerprint density at radius 2 is 1.95 bits per heavy atom. The van der Waals surface area contributed by atoms with Crippen LogP contribution in [0.3, 0.4) is 0 Å². The molecule has 19 heavy (non-hydrogen) atoms. The summed E-state index contributed by atoms with van der Waals surface area (Å²) in [4.78, 5) is 0. The van der Waals surface area contributed by atoms with Gasteiger partial charge in [-0.1, -0.05) is 18.5 Å². The molecule has 1 rings (SSSR count). The van der Waals surface area contributed by atoms with Crippen molar-refractivity contribution in [2.75, 3.05) is 20.8 Å². The van der Waals surface area contributed by atoms with E-state index in [0.717, 1.165) is 5.56 Å². The molecule has 4 nitrogen and oxygen atoms in total. The first-order valence-electron chi connectivity index (χ1n) is 6.28. The first-order valence-corrected chi connectivity index (χ1v) is 6.65. The Morgan fingerprint density at radius 3 is 2.47 bits per heavy atom. The summed E-state index contributed by atoms with van der Waals surface area (Å²) in [6.07, 6.45) is 0. The highest BCUT2D eigenvalue weighted by Crippen LogP contribution is 2.35. The average Bonchev–Trinajstić information content (AvgIpc) is 2.42. The SMILES string of the molecule is COc1cc(CNC(C)C(C)CO)cc(Cl)c1OC. The first kappa shape index (κ1) is 16.1. The van der Waals surface area contributed by atoms with Gasteiger partial charge in [0.25, 0.3) is 0 Å². The van der Waals surface area contributed by atoms with E-state index >= 15 is 0 Å². The summed E-state index contributed by atoms with van der Waals surface area (Å²) in [6, 6.07) is 3.97.